The monoisotopic (exact) mass is 492 g/mol. The second-order valence-electron chi connectivity index (χ2n) is 8.66. The van der Waals surface area contributed by atoms with E-state index in [4.69, 9.17) is 19.5 Å². The summed E-state index contributed by atoms with van der Waals surface area (Å²) >= 11 is 0. The highest BCUT2D eigenvalue weighted by Crippen LogP contribution is 2.31. The third-order valence-corrected chi connectivity index (χ3v) is 6.22. The molecule has 0 bridgehead atoms. The van der Waals surface area contributed by atoms with E-state index >= 15 is 0 Å². The number of nitrogen functional groups attached to an aromatic ring is 1. The fraction of sp³-hybridized carbons (Fsp3) is 0.292. The van der Waals surface area contributed by atoms with Crippen molar-refractivity contribution in [2.45, 2.75) is 32.5 Å². The largest absolute Gasteiger partial charge is 0.380 e. The normalized spacial score (nSPS) is 19.0. The first kappa shape index (κ1) is 23.5. The highest BCUT2D eigenvalue weighted by molar-refractivity contribution is 6.06. The van der Waals surface area contributed by atoms with Crippen molar-refractivity contribution in [2.75, 3.05) is 29.1 Å². The smallest absolute Gasteiger partial charge is 0.263 e. The summed E-state index contributed by atoms with van der Waals surface area (Å²) in [5.41, 5.74) is 6.58. The fourth-order valence-electron chi connectivity index (χ4n) is 4.25. The van der Waals surface area contributed by atoms with Crippen LogP contribution in [-0.4, -0.2) is 57.1 Å². The van der Waals surface area contributed by atoms with E-state index in [-0.39, 0.29) is 19.0 Å². The van der Waals surface area contributed by atoms with Gasteiger partial charge in [-0.05, 0) is 45.0 Å². The Labute approximate surface area is 205 Å². The summed E-state index contributed by atoms with van der Waals surface area (Å²) in [6.45, 7) is 5.26. The van der Waals surface area contributed by atoms with E-state index in [2.05, 4.69) is 20.6 Å². The Kier molecular flexibility index (Phi) is 5.69. The number of aliphatic hydroxyl groups excluding tert-OH is 1. The quantitative estimate of drug-likeness (QED) is 0.375. The lowest BCUT2D eigenvalue weighted by Gasteiger charge is -2.40. The third-order valence-electron chi connectivity index (χ3n) is 6.22. The summed E-state index contributed by atoms with van der Waals surface area (Å²) in [7, 11) is 0. The van der Waals surface area contributed by atoms with E-state index in [0.717, 1.165) is 5.56 Å². The van der Waals surface area contributed by atoms with Crippen molar-refractivity contribution in [1.82, 2.24) is 15.3 Å². The molecule has 5 rings (SSSR count). The Bertz CT molecular complexity index is 1460. The first-order valence-electron chi connectivity index (χ1n) is 11.2. The molecule has 0 saturated carbocycles. The molecule has 12 nitrogen and oxygen atoms in total. The molecule has 0 radical (unpaired) electrons. The van der Waals surface area contributed by atoms with Gasteiger partial charge in [0.25, 0.3) is 11.8 Å². The van der Waals surface area contributed by atoms with Gasteiger partial charge >= 0.3 is 0 Å². The van der Waals surface area contributed by atoms with E-state index in [1.807, 2.05) is 0 Å². The number of nitrogens with one attached hydrogen (secondary N) is 1. The molecule has 0 aliphatic carbocycles. The number of ether oxygens (including phenoxy) is 1. The molecule has 1 fully saturated rings. The topological polar surface area (TPSA) is 170 Å². The molecule has 12 heteroatoms. The number of aliphatic hydroxyl groups is 1. The highest BCUT2D eigenvalue weighted by atomic mass is 16.5. The minimum absolute atomic E-state index is 0.0904. The van der Waals surface area contributed by atoms with Crippen LogP contribution in [-0.2, 0) is 14.3 Å². The predicted molar refractivity (Wildman–Crippen MR) is 129 cm³/mol. The van der Waals surface area contributed by atoms with Gasteiger partial charge in [0.15, 0.2) is 23.1 Å². The molecular formula is C24H24N6O6. The molecule has 4 heterocycles. The van der Waals surface area contributed by atoms with E-state index in [1.54, 1.807) is 44.2 Å². The first-order valence-corrected chi connectivity index (χ1v) is 11.2. The van der Waals surface area contributed by atoms with Gasteiger partial charge < -0.3 is 29.9 Å². The van der Waals surface area contributed by atoms with Crippen LogP contribution in [0.5, 0.6) is 0 Å². The van der Waals surface area contributed by atoms with Gasteiger partial charge in [-0.2, -0.15) is 0 Å². The Balaban J connectivity index is 1.38. The van der Waals surface area contributed by atoms with Gasteiger partial charge in [-0.3, -0.25) is 14.5 Å². The van der Waals surface area contributed by atoms with Crippen LogP contribution in [0, 0.1) is 13.8 Å². The number of fused-ring (bicyclic) bond motifs is 1. The SMILES string of the molecule is Cc1noc(C)c1-c1cccc(N2CCO[C@](C)(C(O)C(=O)Nc3ccc4c(N)noc4c3)C2=O)n1. The van der Waals surface area contributed by atoms with E-state index in [0.29, 0.717) is 39.6 Å². The number of hydrogen-bond acceptors (Lipinski definition) is 10. The summed E-state index contributed by atoms with van der Waals surface area (Å²) in [5, 5.41) is 21.7. The number of pyridine rings is 1. The zero-order chi connectivity index (χ0) is 25.6. The number of benzene rings is 1. The highest BCUT2D eigenvalue weighted by Gasteiger charge is 2.50. The summed E-state index contributed by atoms with van der Waals surface area (Å²) in [6.07, 6.45) is -1.81. The van der Waals surface area contributed by atoms with Crippen molar-refractivity contribution < 1.29 is 28.5 Å². The number of amides is 2. The Morgan fingerprint density at radius 1 is 1.22 bits per heavy atom. The van der Waals surface area contributed by atoms with E-state index in [9.17, 15) is 14.7 Å². The molecular weight excluding hydrogens is 468 g/mol. The van der Waals surface area contributed by atoms with Crippen LogP contribution in [0.3, 0.4) is 0 Å². The van der Waals surface area contributed by atoms with Crippen molar-refractivity contribution in [1.29, 1.82) is 0 Å². The van der Waals surface area contributed by atoms with Crippen LogP contribution in [0.2, 0.25) is 0 Å². The molecule has 36 heavy (non-hydrogen) atoms. The summed E-state index contributed by atoms with van der Waals surface area (Å²) in [6, 6.07) is 9.97. The predicted octanol–water partition coefficient (Wildman–Crippen LogP) is 2.20. The van der Waals surface area contributed by atoms with Crippen molar-refractivity contribution in [3.8, 4) is 11.3 Å². The molecule has 3 aromatic heterocycles. The summed E-state index contributed by atoms with van der Waals surface area (Å²) < 4.78 is 16.0. The molecule has 1 aliphatic rings. The maximum absolute atomic E-state index is 13.5. The van der Waals surface area contributed by atoms with Gasteiger partial charge in [0.05, 0.1) is 35.5 Å². The molecule has 186 valence electrons. The van der Waals surface area contributed by atoms with Crippen LogP contribution < -0.4 is 16.0 Å². The van der Waals surface area contributed by atoms with Crippen LogP contribution in [0.4, 0.5) is 17.3 Å². The van der Waals surface area contributed by atoms with Crippen LogP contribution in [0.1, 0.15) is 18.4 Å². The number of nitrogens with zero attached hydrogens (tertiary/aromatic N) is 4. The third kappa shape index (κ3) is 3.85. The number of hydrogen-bond donors (Lipinski definition) is 3. The Morgan fingerprint density at radius 3 is 2.78 bits per heavy atom. The molecule has 4 N–H and O–H groups in total. The number of anilines is 3. The van der Waals surface area contributed by atoms with Gasteiger partial charge in [0.2, 0.25) is 0 Å². The van der Waals surface area contributed by atoms with Gasteiger partial charge in [-0.25, -0.2) is 4.98 Å². The number of carbonyl (C=O) groups excluding carboxylic acids is 2. The van der Waals surface area contributed by atoms with Crippen LogP contribution in [0.25, 0.3) is 22.2 Å². The van der Waals surface area contributed by atoms with Gasteiger partial charge in [0, 0.05) is 11.8 Å². The standard InChI is InChI=1S/C24H24N6O6/c1-12-19(13(2)35-28-12)16-5-4-6-18(27-16)30-9-10-34-24(3,23(30)33)20(31)22(32)26-14-7-8-15-17(11-14)36-29-21(15)25/h4-8,11,20,31H,9-10H2,1-3H3,(H2,25,29)(H,26,32)/t20?,24-/m1/s1. The minimum Gasteiger partial charge on any atom is -0.380 e. The second kappa shape index (κ2) is 8.73. The molecule has 2 amide bonds. The van der Waals surface area contributed by atoms with E-state index in [1.165, 1.54) is 17.9 Å². The molecule has 1 aliphatic heterocycles. The zero-order valence-electron chi connectivity index (χ0n) is 19.8. The lowest BCUT2D eigenvalue weighted by molar-refractivity contribution is -0.170. The van der Waals surface area contributed by atoms with Crippen LogP contribution >= 0.6 is 0 Å². The van der Waals surface area contributed by atoms with Gasteiger partial charge in [-0.15, -0.1) is 0 Å². The number of carbonyl (C=O) groups is 2. The number of aromatic nitrogens is 3. The number of morpholine rings is 1. The Morgan fingerprint density at radius 2 is 2.03 bits per heavy atom. The van der Waals surface area contributed by atoms with Crippen molar-refractivity contribution in [2.24, 2.45) is 0 Å². The van der Waals surface area contributed by atoms with E-state index < -0.39 is 23.5 Å². The fourth-order valence-corrected chi connectivity index (χ4v) is 4.25. The lowest BCUT2D eigenvalue weighted by Crippen LogP contribution is -2.63. The van der Waals surface area contributed by atoms with Crippen molar-refractivity contribution in [3.63, 3.8) is 0 Å². The lowest BCUT2D eigenvalue weighted by atomic mass is 9.94. The van der Waals surface area contributed by atoms with Crippen molar-refractivity contribution in [3.05, 3.63) is 47.9 Å². The Hall–Kier alpha value is -4.29. The number of nitrogens with two attached hydrogens (primary N) is 1. The average molecular weight is 492 g/mol. The second-order valence-corrected chi connectivity index (χ2v) is 8.66. The first-order chi connectivity index (χ1) is 17.2. The molecule has 4 aromatic rings. The molecule has 2 atom stereocenters. The van der Waals surface area contributed by atoms with Gasteiger partial charge in [-0.1, -0.05) is 16.4 Å². The molecule has 1 aromatic carbocycles. The summed E-state index contributed by atoms with van der Waals surface area (Å²) in [5.74, 6) is -0.236. The van der Waals surface area contributed by atoms with Crippen molar-refractivity contribution >= 4 is 40.1 Å². The number of aryl methyl sites for hydroxylation is 2. The maximum atomic E-state index is 13.5. The zero-order valence-corrected chi connectivity index (χ0v) is 19.8. The summed E-state index contributed by atoms with van der Waals surface area (Å²) in [4.78, 5) is 32.4. The minimum atomic E-state index is -1.84. The molecule has 1 saturated heterocycles. The van der Waals surface area contributed by atoms with Crippen LogP contribution in [0.15, 0.2) is 45.4 Å². The van der Waals surface area contributed by atoms with Gasteiger partial charge in [0.1, 0.15) is 11.6 Å². The maximum Gasteiger partial charge on any atom is 0.263 e. The molecule has 1 unspecified atom stereocenters. The average Bonchev–Trinajstić information content (AvgIpc) is 3.41. The number of rotatable bonds is 5. The molecule has 0 spiro atoms.